The van der Waals surface area contributed by atoms with Gasteiger partial charge in [-0.05, 0) is 31.6 Å². The zero-order chi connectivity index (χ0) is 8.97. The number of hydrogen-bond donors (Lipinski definition) is 2. The van der Waals surface area contributed by atoms with E-state index in [4.69, 9.17) is 5.73 Å². The minimum atomic E-state index is 0.348. The third-order valence-electron chi connectivity index (χ3n) is 2.89. The Morgan fingerprint density at radius 3 is 2.75 bits per heavy atom. The first kappa shape index (κ1) is 10.0. The summed E-state index contributed by atoms with van der Waals surface area (Å²) >= 11 is 0. The van der Waals surface area contributed by atoms with Crippen molar-refractivity contribution in [3.8, 4) is 0 Å². The van der Waals surface area contributed by atoms with Crippen LogP contribution in [0.1, 0.15) is 39.5 Å². The lowest BCUT2D eigenvalue weighted by atomic mass is 10.1. The summed E-state index contributed by atoms with van der Waals surface area (Å²) in [6.45, 7) is 5.47. The standard InChI is InChI=1S/C10H22N2/c1-3-9(11)7-12-10-5-4-8(2)6-10/h8-10,12H,3-7,11H2,1-2H3. The molecular weight excluding hydrogens is 148 g/mol. The van der Waals surface area contributed by atoms with Crippen LogP contribution in [0.25, 0.3) is 0 Å². The highest BCUT2D eigenvalue weighted by Crippen LogP contribution is 2.24. The number of rotatable bonds is 4. The van der Waals surface area contributed by atoms with Gasteiger partial charge in [0.15, 0.2) is 0 Å². The molecule has 2 nitrogen and oxygen atoms in total. The molecule has 0 amide bonds. The Bertz CT molecular complexity index is 125. The highest BCUT2D eigenvalue weighted by atomic mass is 14.9. The van der Waals surface area contributed by atoms with Gasteiger partial charge in [-0.25, -0.2) is 0 Å². The lowest BCUT2D eigenvalue weighted by Gasteiger charge is -2.15. The van der Waals surface area contributed by atoms with E-state index in [1.54, 1.807) is 0 Å². The molecule has 0 bridgehead atoms. The summed E-state index contributed by atoms with van der Waals surface area (Å²) in [7, 11) is 0. The predicted molar refractivity (Wildman–Crippen MR) is 53.1 cm³/mol. The molecule has 3 atom stereocenters. The molecule has 2 heteroatoms. The third kappa shape index (κ3) is 3.11. The van der Waals surface area contributed by atoms with E-state index in [1.807, 2.05) is 0 Å². The zero-order valence-corrected chi connectivity index (χ0v) is 8.34. The van der Waals surface area contributed by atoms with Crippen LogP contribution in [0.3, 0.4) is 0 Å². The van der Waals surface area contributed by atoms with E-state index in [0.717, 1.165) is 24.9 Å². The molecule has 0 heterocycles. The molecule has 72 valence electrons. The smallest absolute Gasteiger partial charge is 0.0162 e. The highest BCUT2D eigenvalue weighted by molar-refractivity contribution is 4.79. The number of hydrogen-bond acceptors (Lipinski definition) is 2. The first-order valence-electron chi connectivity index (χ1n) is 5.21. The van der Waals surface area contributed by atoms with Crippen LogP contribution < -0.4 is 11.1 Å². The van der Waals surface area contributed by atoms with E-state index in [2.05, 4.69) is 19.2 Å². The van der Waals surface area contributed by atoms with Gasteiger partial charge in [0.1, 0.15) is 0 Å². The Morgan fingerprint density at radius 1 is 1.50 bits per heavy atom. The van der Waals surface area contributed by atoms with E-state index < -0.39 is 0 Å². The van der Waals surface area contributed by atoms with Gasteiger partial charge >= 0.3 is 0 Å². The molecule has 0 aliphatic heterocycles. The van der Waals surface area contributed by atoms with Crippen LogP contribution in [0.5, 0.6) is 0 Å². The summed E-state index contributed by atoms with van der Waals surface area (Å²) in [5.41, 5.74) is 5.82. The van der Waals surface area contributed by atoms with Gasteiger partial charge in [0, 0.05) is 18.6 Å². The summed E-state index contributed by atoms with van der Waals surface area (Å²) in [5, 5.41) is 3.54. The van der Waals surface area contributed by atoms with Crippen molar-refractivity contribution in [3.63, 3.8) is 0 Å². The van der Waals surface area contributed by atoms with Crippen LogP contribution in [-0.2, 0) is 0 Å². The highest BCUT2D eigenvalue weighted by Gasteiger charge is 2.20. The van der Waals surface area contributed by atoms with Gasteiger partial charge in [-0.15, -0.1) is 0 Å². The fourth-order valence-corrected chi connectivity index (χ4v) is 1.85. The second-order valence-electron chi connectivity index (χ2n) is 4.19. The topological polar surface area (TPSA) is 38.0 Å². The van der Waals surface area contributed by atoms with Crippen molar-refractivity contribution < 1.29 is 0 Å². The van der Waals surface area contributed by atoms with Crippen molar-refractivity contribution in [1.29, 1.82) is 0 Å². The monoisotopic (exact) mass is 170 g/mol. The van der Waals surface area contributed by atoms with Gasteiger partial charge in [-0.1, -0.05) is 13.8 Å². The first-order chi connectivity index (χ1) is 5.72. The maximum Gasteiger partial charge on any atom is 0.0162 e. The first-order valence-corrected chi connectivity index (χ1v) is 5.21. The molecule has 0 aromatic rings. The van der Waals surface area contributed by atoms with Crippen LogP contribution in [0.4, 0.5) is 0 Å². The Morgan fingerprint density at radius 2 is 2.25 bits per heavy atom. The van der Waals surface area contributed by atoms with E-state index >= 15 is 0 Å². The maximum atomic E-state index is 5.82. The molecule has 1 aliphatic carbocycles. The molecule has 3 unspecified atom stereocenters. The van der Waals surface area contributed by atoms with E-state index in [1.165, 1.54) is 19.3 Å². The normalized spacial score (nSPS) is 32.2. The molecule has 1 saturated carbocycles. The van der Waals surface area contributed by atoms with Gasteiger partial charge in [0.2, 0.25) is 0 Å². The van der Waals surface area contributed by atoms with Crippen LogP contribution in [0.15, 0.2) is 0 Å². The van der Waals surface area contributed by atoms with Crippen LogP contribution in [0, 0.1) is 5.92 Å². The summed E-state index contributed by atoms with van der Waals surface area (Å²) < 4.78 is 0. The third-order valence-corrected chi connectivity index (χ3v) is 2.89. The molecule has 0 spiro atoms. The molecule has 0 saturated heterocycles. The summed E-state index contributed by atoms with van der Waals surface area (Å²) in [6, 6.07) is 1.10. The fraction of sp³-hybridized carbons (Fsp3) is 1.00. The number of nitrogens with two attached hydrogens (primary N) is 1. The zero-order valence-electron chi connectivity index (χ0n) is 8.34. The average molecular weight is 170 g/mol. The van der Waals surface area contributed by atoms with E-state index in [0.29, 0.717) is 6.04 Å². The molecule has 0 radical (unpaired) electrons. The summed E-state index contributed by atoms with van der Waals surface area (Å²) in [4.78, 5) is 0. The Hall–Kier alpha value is -0.0800. The SMILES string of the molecule is CCC(N)CNC1CCC(C)C1. The van der Waals surface area contributed by atoms with Gasteiger partial charge in [-0.3, -0.25) is 0 Å². The summed E-state index contributed by atoms with van der Waals surface area (Å²) in [5.74, 6) is 0.917. The van der Waals surface area contributed by atoms with Crippen LogP contribution in [-0.4, -0.2) is 18.6 Å². The Kier molecular flexibility index (Phi) is 4.02. The van der Waals surface area contributed by atoms with Crippen molar-refractivity contribution in [2.24, 2.45) is 11.7 Å². The average Bonchev–Trinajstić information content (AvgIpc) is 2.47. The van der Waals surface area contributed by atoms with E-state index in [-0.39, 0.29) is 0 Å². The lowest BCUT2D eigenvalue weighted by Crippen LogP contribution is -2.38. The molecule has 0 aromatic carbocycles. The van der Waals surface area contributed by atoms with Crippen molar-refractivity contribution in [2.75, 3.05) is 6.54 Å². The number of nitrogens with one attached hydrogen (secondary N) is 1. The van der Waals surface area contributed by atoms with Gasteiger partial charge in [-0.2, -0.15) is 0 Å². The molecule has 0 aromatic heterocycles. The molecule has 1 rings (SSSR count). The maximum absolute atomic E-state index is 5.82. The second kappa shape index (κ2) is 4.83. The minimum Gasteiger partial charge on any atom is -0.327 e. The van der Waals surface area contributed by atoms with Crippen LogP contribution in [0.2, 0.25) is 0 Å². The predicted octanol–water partition coefficient (Wildman–Crippen LogP) is 1.50. The molecule has 3 N–H and O–H groups in total. The van der Waals surface area contributed by atoms with Crippen LogP contribution >= 0.6 is 0 Å². The van der Waals surface area contributed by atoms with Crippen molar-refractivity contribution in [2.45, 2.75) is 51.6 Å². The molecular formula is C10H22N2. The van der Waals surface area contributed by atoms with Gasteiger partial charge in [0.25, 0.3) is 0 Å². The Labute approximate surface area is 75.9 Å². The molecule has 12 heavy (non-hydrogen) atoms. The summed E-state index contributed by atoms with van der Waals surface area (Å²) in [6.07, 6.45) is 5.16. The Balaban J connectivity index is 2.07. The molecule has 1 aliphatic rings. The fourth-order valence-electron chi connectivity index (χ4n) is 1.85. The minimum absolute atomic E-state index is 0.348. The lowest BCUT2D eigenvalue weighted by molar-refractivity contribution is 0.467. The van der Waals surface area contributed by atoms with E-state index in [9.17, 15) is 0 Å². The van der Waals surface area contributed by atoms with Crippen molar-refractivity contribution >= 4 is 0 Å². The quantitative estimate of drug-likeness (QED) is 0.671. The largest absolute Gasteiger partial charge is 0.327 e. The second-order valence-corrected chi connectivity index (χ2v) is 4.19. The molecule has 1 fully saturated rings. The van der Waals surface area contributed by atoms with Crippen molar-refractivity contribution in [3.05, 3.63) is 0 Å². The van der Waals surface area contributed by atoms with Gasteiger partial charge < -0.3 is 11.1 Å². The van der Waals surface area contributed by atoms with Crippen molar-refractivity contribution in [1.82, 2.24) is 5.32 Å². The van der Waals surface area contributed by atoms with Gasteiger partial charge in [0.05, 0.1) is 0 Å².